The van der Waals surface area contributed by atoms with Crippen molar-refractivity contribution in [1.29, 1.82) is 0 Å². The van der Waals surface area contributed by atoms with Crippen molar-refractivity contribution in [2.75, 3.05) is 34.5 Å². The second kappa shape index (κ2) is 9.02. The summed E-state index contributed by atoms with van der Waals surface area (Å²) in [5.74, 6) is 1.49. The molecule has 108 valence electrons. The van der Waals surface area contributed by atoms with Gasteiger partial charge in [0.2, 0.25) is 0 Å². The first kappa shape index (κ1) is 16.1. The molecule has 1 aromatic rings. The Morgan fingerprint density at radius 3 is 2.53 bits per heavy atom. The molecule has 1 unspecified atom stereocenters. The molecule has 1 aromatic carbocycles. The van der Waals surface area contributed by atoms with Gasteiger partial charge in [-0.25, -0.2) is 0 Å². The number of hydrogen-bond acceptors (Lipinski definition) is 4. The predicted molar refractivity (Wildman–Crippen MR) is 77.4 cm³/mol. The molecule has 0 spiro atoms. The van der Waals surface area contributed by atoms with E-state index in [-0.39, 0.29) is 5.38 Å². The second-order valence-electron chi connectivity index (χ2n) is 4.21. The number of halogens is 1. The van der Waals surface area contributed by atoms with E-state index in [9.17, 15) is 0 Å². The van der Waals surface area contributed by atoms with Crippen molar-refractivity contribution in [3.05, 3.63) is 23.8 Å². The molecule has 0 saturated heterocycles. The molecule has 1 N–H and O–H groups in total. The third kappa shape index (κ3) is 5.68. The lowest BCUT2D eigenvalue weighted by Crippen LogP contribution is -2.20. The van der Waals surface area contributed by atoms with Crippen LogP contribution in [0.4, 0.5) is 0 Å². The Labute approximate surface area is 120 Å². The molecule has 0 heterocycles. The normalized spacial score (nSPS) is 12.2. The fourth-order valence-electron chi connectivity index (χ4n) is 1.75. The van der Waals surface area contributed by atoms with E-state index in [1.165, 1.54) is 0 Å². The molecule has 0 aliphatic rings. The topological polar surface area (TPSA) is 39.7 Å². The SMILES string of the molecule is COCC(Cl)CCNCc1ccc(OC)c(OC)c1. The standard InChI is InChI=1S/C14H22ClNO3/c1-17-10-12(15)6-7-16-9-11-4-5-13(18-2)14(8-11)19-3/h4-5,8,12,16H,6-7,9-10H2,1-3H3. The molecule has 0 aliphatic heterocycles. The Balaban J connectivity index is 2.37. The van der Waals surface area contributed by atoms with Crippen LogP contribution in [0, 0.1) is 0 Å². The molecule has 0 aromatic heterocycles. The van der Waals surface area contributed by atoms with Crippen molar-refractivity contribution in [3.63, 3.8) is 0 Å². The third-order valence-corrected chi connectivity index (χ3v) is 3.10. The number of methoxy groups -OCH3 is 3. The number of alkyl halides is 1. The van der Waals surface area contributed by atoms with Crippen LogP contribution in [-0.4, -0.2) is 39.9 Å². The van der Waals surface area contributed by atoms with Crippen LogP contribution in [0.5, 0.6) is 11.5 Å². The smallest absolute Gasteiger partial charge is 0.161 e. The minimum atomic E-state index is 0.0582. The zero-order valence-corrected chi connectivity index (χ0v) is 12.5. The van der Waals surface area contributed by atoms with Gasteiger partial charge in [-0.1, -0.05) is 6.07 Å². The summed E-state index contributed by atoms with van der Waals surface area (Å²) in [6, 6.07) is 5.89. The first-order valence-corrected chi connectivity index (χ1v) is 6.69. The minimum absolute atomic E-state index is 0.0582. The Morgan fingerprint density at radius 1 is 1.16 bits per heavy atom. The molecular weight excluding hydrogens is 266 g/mol. The first-order valence-electron chi connectivity index (χ1n) is 6.26. The Kier molecular flexibility index (Phi) is 7.63. The summed E-state index contributed by atoms with van der Waals surface area (Å²) < 4.78 is 15.4. The summed E-state index contributed by atoms with van der Waals surface area (Å²) in [7, 11) is 4.93. The first-order chi connectivity index (χ1) is 9.21. The van der Waals surface area contributed by atoms with Gasteiger partial charge < -0.3 is 19.5 Å². The molecule has 19 heavy (non-hydrogen) atoms. The van der Waals surface area contributed by atoms with E-state index in [0.717, 1.165) is 36.6 Å². The van der Waals surface area contributed by atoms with Crippen LogP contribution in [-0.2, 0) is 11.3 Å². The van der Waals surface area contributed by atoms with Gasteiger partial charge in [-0.3, -0.25) is 0 Å². The number of benzene rings is 1. The van der Waals surface area contributed by atoms with Crippen LogP contribution in [0.1, 0.15) is 12.0 Å². The van der Waals surface area contributed by atoms with E-state index in [4.69, 9.17) is 25.8 Å². The van der Waals surface area contributed by atoms with Crippen molar-refractivity contribution in [3.8, 4) is 11.5 Å². The van der Waals surface area contributed by atoms with Crippen LogP contribution in [0.3, 0.4) is 0 Å². The monoisotopic (exact) mass is 287 g/mol. The molecule has 4 nitrogen and oxygen atoms in total. The number of ether oxygens (including phenoxy) is 3. The van der Waals surface area contributed by atoms with Gasteiger partial charge in [-0.05, 0) is 30.7 Å². The third-order valence-electron chi connectivity index (χ3n) is 2.76. The average Bonchev–Trinajstić information content (AvgIpc) is 2.43. The molecule has 0 aliphatic carbocycles. The van der Waals surface area contributed by atoms with Crippen molar-refractivity contribution < 1.29 is 14.2 Å². The van der Waals surface area contributed by atoms with Crippen molar-refractivity contribution in [2.45, 2.75) is 18.3 Å². The Hall–Kier alpha value is -0.970. The number of nitrogens with one attached hydrogen (secondary N) is 1. The molecule has 0 amide bonds. The van der Waals surface area contributed by atoms with Crippen molar-refractivity contribution >= 4 is 11.6 Å². The van der Waals surface area contributed by atoms with E-state index < -0.39 is 0 Å². The summed E-state index contributed by atoms with van der Waals surface area (Å²) >= 11 is 6.05. The lowest BCUT2D eigenvalue weighted by Gasteiger charge is -2.11. The highest BCUT2D eigenvalue weighted by Gasteiger charge is 2.05. The minimum Gasteiger partial charge on any atom is -0.493 e. The predicted octanol–water partition coefficient (Wildman–Crippen LogP) is 2.44. The zero-order chi connectivity index (χ0) is 14.1. The van der Waals surface area contributed by atoms with Crippen LogP contribution < -0.4 is 14.8 Å². The molecule has 0 saturated carbocycles. The number of hydrogen-bond donors (Lipinski definition) is 1. The van der Waals surface area contributed by atoms with Gasteiger partial charge in [0.05, 0.1) is 26.2 Å². The van der Waals surface area contributed by atoms with Crippen LogP contribution in [0.2, 0.25) is 0 Å². The quantitative estimate of drug-likeness (QED) is 0.559. The summed E-state index contributed by atoms with van der Waals surface area (Å²) in [4.78, 5) is 0. The van der Waals surface area contributed by atoms with Crippen LogP contribution in [0.15, 0.2) is 18.2 Å². The van der Waals surface area contributed by atoms with E-state index in [1.807, 2.05) is 18.2 Å². The van der Waals surface area contributed by atoms with E-state index in [0.29, 0.717) is 6.61 Å². The molecule has 0 radical (unpaired) electrons. The Morgan fingerprint density at radius 2 is 1.89 bits per heavy atom. The van der Waals surface area contributed by atoms with E-state index in [1.54, 1.807) is 21.3 Å². The van der Waals surface area contributed by atoms with Crippen molar-refractivity contribution in [1.82, 2.24) is 5.32 Å². The lowest BCUT2D eigenvalue weighted by molar-refractivity contribution is 0.195. The highest BCUT2D eigenvalue weighted by molar-refractivity contribution is 6.20. The van der Waals surface area contributed by atoms with Gasteiger partial charge >= 0.3 is 0 Å². The molecule has 1 rings (SSSR count). The van der Waals surface area contributed by atoms with Gasteiger partial charge in [0, 0.05) is 13.7 Å². The maximum Gasteiger partial charge on any atom is 0.161 e. The fourth-order valence-corrected chi connectivity index (χ4v) is 1.98. The Bertz CT molecular complexity index is 374. The van der Waals surface area contributed by atoms with Gasteiger partial charge in [0.15, 0.2) is 11.5 Å². The van der Waals surface area contributed by atoms with Gasteiger partial charge in [-0.15, -0.1) is 11.6 Å². The highest BCUT2D eigenvalue weighted by atomic mass is 35.5. The molecule has 0 bridgehead atoms. The van der Waals surface area contributed by atoms with Gasteiger partial charge in [0.1, 0.15) is 0 Å². The molecular formula is C14H22ClNO3. The maximum atomic E-state index is 6.05. The fraction of sp³-hybridized carbons (Fsp3) is 0.571. The molecule has 1 atom stereocenters. The second-order valence-corrected chi connectivity index (χ2v) is 4.82. The van der Waals surface area contributed by atoms with E-state index in [2.05, 4.69) is 5.32 Å². The maximum absolute atomic E-state index is 6.05. The summed E-state index contributed by atoms with van der Waals surface area (Å²) in [6.45, 7) is 2.21. The van der Waals surface area contributed by atoms with E-state index >= 15 is 0 Å². The van der Waals surface area contributed by atoms with Gasteiger partial charge in [0.25, 0.3) is 0 Å². The summed E-state index contributed by atoms with van der Waals surface area (Å²) in [5.41, 5.74) is 1.15. The zero-order valence-electron chi connectivity index (χ0n) is 11.7. The van der Waals surface area contributed by atoms with Gasteiger partial charge in [-0.2, -0.15) is 0 Å². The number of rotatable bonds is 9. The average molecular weight is 288 g/mol. The van der Waals surface area contributed by atoms with Crippen molar-refractivity contribution in [2.24, 2.45) is 0 Å². The van der Waals surface area contributed by atoms with Crippen LogP contribution in [0.25, 0.3) is 0 Å². The largest absolute Gasteiger partial charge is 0.493 e. The molecule has 0 fully saturated rings. The lowest BCUT2D eigenvalue weighted by atomic mass is 10.2. The summed E-state index contributed by atoms with van der Waals surface area (Å²) in [6.07, 6.45) is 0.878. The molecule has 5 heteroatoms. The highest BCUT2D eigenvalue weighted by Crippen LogP contribution is 2.27. The summed E-state index contributed by atoms with van der Waals surface area (Å²) in [5, 5.41) is 3.40. The van der Waals surface area contributed by atoms with Crippen LogP contribution >= 0.6 is 11.6 Å².